The Kier molecular flexibility index (Phi) is 6.85. The van der Waals surface area contributed by atoms with E-state index in [4.69, 9.17) is 19.6 Å². The van der Waals surface area contributed by atoms with Crippen LogP contribution in [0.25, 0.3) is 16.2 Å². The summed E-state index contributed by atoms with van der Waals surface area (Å²) in [5.74, 6) is 1.64. The molecule has 4 aromatic rings. The first kappa shape index (κ1) is 23.2. The van der Waals surface area contributed by atoms with Crippen molar-refractivity contribution < 1.29 is 14.3 Å². The van der Waals surface area contributed by atoms with Crippen molar-refractivity contribution >= 4 is 27.3 Å². The predicted molar refractivity (Wildman–Crippen MR) is 137 cm³/mol. The Morgan fingerprint density at radius 3 is 2.80 bits per heavy atom. The van der Waals surface area contributed by atoms with Gasteiger partial charge in [0.2, 0.25) is 16.0 Å². The monoisotopic (exact) mass is 491 g/mol. The van der Waals surface area contributed by atoms with Gasteiger partial charge in [-0.25, -0.2) is 9.50 Å². The summed E-state index contributed by atoms with van der Waals surface area (Å²) in [7, 11) is 1.66. The Labute approximate surface area is 208 Å². The van der Waals surface area contributed by atoms with Crippen molar-refractivity contribution in [2.24, 2.45) is 5.92 Å². The van der Waals surface area contributed by atoms with Gasteiger partial charge in [0.1, 0.15) is 11.5 Å². The number of rotatable bonds is 8. The van der Waals surface area contributed by atoms with Crippen molar-refractivity contribution in [2.45, 2.75) is 26.3 Å². The standard InChI is InChI=1S/C26H29N5O3S/c1-3-34-23-9-5-4-7-19(23)15-27-24(32)20-8-6-14-30(16-20)26-29-31-17-22(28-25(31)35-26)18-10-12-21(33-2)13-11-18/h4-5,7,9-13,17,20H,3,6,8,14-16H2,1-2H3,(H,27,32)/t20-/m1/s1. The summed E-state index contributed by atoms with van der Waals surface area (Å²) in [6, 6.07) is 15.7. The summed E-state index contributed by atoms with van der Waals surface area (Å²) in [4.78, 5) is 20.8. The number of nitrogens with one attached hydrogen (secondary N) is 1. The number of nitrogens with zero attached hydrogens (tertiary/aromatic N) is 4. The molecule has 0 aliphatic carbocycles. The second kappa shape index (κ2) is 10.4. The fourth-order valence-corrected chi connectivity index (χ4v) is 5.27. The molecule has 1 N–H and O–H groups in total. The zero-order valence-electron chi connectivity index (χ0n) is 19.9. The molecule has 9 heteroatoms. The SMILES string of the molecule is CCOc1ccccc1CNC(=O)[C@@H]1CCCN(c2nn3cc(-c4ccc(OC)cc4)nc3s2)C1. The van der Waals surface area contributed by atoms with Crippen LogP contribution in [0.4, 0.5) is 5.13 Å². The molecule has 8 nitrogen and oxygen atoms in total. The maximum Gasteiger partial charge on any atom is 0.225 e. The topological polar surface area (TPSA) is 81.0 Å². The summed E-state index contributed by atoms with van der Waals surface area (Å²) in [5.41, 5.74) is 2.89. The Balaban J connectivity index is 1.23. The van der Waals surface area contributed by atoms with Gasteiger partial charge in [-0.15, -0.1) is 5.10 Å². The number of fused-ring (bicyclic) bond motifs is 1. The first-order valence-corrected chi connectivity index (χ1v) is 12.7. The first-order chi connectivity index (χ1) is 17.1. The number of amides is 1. The molecule has 3 heterocycles. The lowest BCUT2D eigenvalue weighted by Gasteiger charge is -2.31. The average molecular weight is 492 g/mol. The van der Waals surface area contributed by atoms with E-state index in [0.717, 1.165) is 57.8 Å². The van der Waals surface area contributed by atoms with E-state index in [1.165, 1.54) is 0 Å². The molecule has 2 aromatic heterocycles. The van der Waals surface area contributed by atoms with Crippen LogP contribution in [0.1, 0.15) is 25.3 Å². The Hall–Kier alpha value is -3.59. The molecule has 0 spiro atoms. The Morgan fingerprint density at radius 2 is 2.03 bits per heavy atom. The Morgan fingerprint density at radius 1 is 1.20 bits per heavy atom. The summed E-state index contributed by atoms with van der Waals surface area (Å²) < 4.78 is 12.7. The molecule has 0 bridgehead atoms. The second-order valence-electron chi connectivity index (χ2n) is 8.51. The number of methoxy groups -OCH3 is 1. The van der Waals surface area contributed by atoms with Gasteiger partial charge >= 0.3 is 0 Å². The average Bonchev–Trinajstić information content (AvgIpc) is 3.48. The molecular weight excluding hydrogens is 462 g/mol. The van der Waals surface area contributed by atoms with Crippen LogP contribution in [0.15, 0.2) is 54.7 Å². The van der Waals surface area contributed by atoms with Crippen LogP contribution in [-0.2, 0) is 11.3 Å². The number of benzene rings is 2. The van der Waals surface area contributed by atoms with Crippen molar-refractivity contribution in [3.63, 3.8) is 0 Å². The number of carbonyl (C=O) groups is 1. The number of para-hydroxylation sites is 1. The maximum atomic E-state index is 13.0. The minimum Gasteiger partial charge on any atom is -0.497 e. The van der Waals surface area contributed by atoms with E-state index in [9.17, 15) is 4.79 Å². The van der Waals surface area contributed by atoms with Gasteiger partial charge in [0.15, 0.2) is 0 Å². The van der Waals surface area contributed by atoms with Crippen LogP contribution >= 0.6 is 11.3 Å². The molecule has 1 amide bonds. The van der Waals surface area contributed by atoms with Crippen molar-refractivity contribution in [3.8, 4) is 22.8 Å². The van der Waals surface area contributed by atoms with Crippen LogP contribution < -0.4 is 19.7 Å². The minimum atomic E-state index is -0.0749. The molecule has 35 heavy (non-hydrogen) atoms. The number of carbonyl (C=O) groups excluding carboxylic acids is 1. The van der Waals surface area contributed by atoms with E-state index < -0.39 is 0 Å². The third kappa shape index (κ3) is 5.09. The van der Waals surface area contributed by atoms with Crippen molar-refractivity contribution in [3.05, 3.63) is 60.3 Å². The number of ether oxygens (including phenoxy) is 2. The normalized spacial score (nSPS) is 15.8. The van der Waals surface area contributed by atoms with Gasteiger partial charge < -0.3 is 19.7 Å². The lowest BCUT2D eigenvalue weighted by atomic mass is 9.97. The summed E-state index contributed by atoms with van der Waals surface area (Å²) in [6.07, 6.45) is 3.77. The number of aromatic nitrogens is 3. The van der Waals surface area contributed by atoms with Crippen molar-refractivity contribution in [1.82, 2.24) is 19.9 Å². The van der Waals surface area contributed by atoms with Gasteiger partial charge in [0.05, 0.1) is 31.5 Å². The van der Waals surface area contributed by atoms with Crippen LogP contribution in [0, 0.1) is 5.92 Å². The lowest BCUT2D eigenvalue weighted by molar-refractivity contribution is -0.125. The first-order valence-electron chi connectivity index (χ1n) is 11.9. The molecule has 5 rings (SSSR count). The van der Waals surface area contributed by atoms with E-state index >= 15 is 0 Å². The highest BCUT2D eigenvalue weighted by Crippen LogP contribution is 2.30. The van der Waals surface area contributed by atoms with E-state index in [1.54, 1.807) is 18.4 Å². The van der Waals surface area contributed by atoms with Gasteiger partial charge in [-0.05, 0) is 50.1 Å². The zero-order chi connectivity index (χ0) is 24.2. The second-order valence-corrected chi connectivity index (χ2v) is 9.44. The molecule has 2 aromatic carbocycles. The van der Waals surface area contributed by atoms with Gasteiger partial charge in [0, 0.05) is 30.8 Å². The Bertz CT molecular complexity index is 1270. The van der Waals surface area contributed by atoms with Gasteiger partial charge in [-0.2, -0.15) is 0 Å². The van der Waals surface area contributed by atoms with Gasteiger partial charge in [0.25, 0.3) is 0 Å². The largest absolute Gasteiger partial charge is 0.497 e. The minimum absolute atomic E-state index is 0.0733. The number of piperidine rings is 1. The van der Waals surface area contributed by atoms with Crippen molar-refractivity contribution in [1.29, 1.82) is 0 Å². The van der Waals surface area contributed by atoms with Gasteiger partial charge in [-0.3, -0.25) is 4.79 Å². The molecule has 182 valence electrons. The van der Waals surface area contributed by atoms with Crippen LogP contribution in [-0.4, -0.2) is 47.3 Å². The van der Waals surface area contributed by atoms with E-state index in [-0.39, 0.29) is 11.8 Å². The lowest BCUT2D eigenvalue weighted by Crippen LogP contribution is -2.43. The molecule has 0 unspecified atom stereocenters. The molecule has 1 saturated heterocycles. The highest BCUT2D eigenvalue weighted by molar-refractivity contribution is 7.20. The smallest absolute Gasteiger partial charge is 0.225 e. The number of hydrogen-bond acceptors (Lipinski definition) is 7. The van der Waals surface area contributed by atoms with Gasteiger partial charge in [-0.1, -0.05) is 29.5 Å². The third-order valence-corrected chi connectivity index (χ3v) is 7.19. The van der Waals surface area contributed by atoms with E-state index in [1.807, 2.05) is 66.2 Å². The highest BCUT2D eigenvalue weighted by Gasteiger charge is 2.28. The number of anilines is 1. The van der Waals surface area contributed by atoms with Crippen LogP contribution in [0.2, 0.25) is 0 Å². The fourth-order valence-electron chi connectivity index (χ4n) is 4.36. The molecule has 0 radical (unpaired) electrons. The molecule has 0 saturated carbocycles. The quantitative estimate of drug-likeness (QED) is 0.394. The summed E-state index contributed by atoms with van der Waals surface area (Å²) >= 11 is 1.55. The van der Waals surface area contributed by atoms with E-state index in [2.05, 4.69) is 10.2 Å². The van der Waals surface area contributed by atoms with Crippen LogP contribution in [0.3, 0.4) is 0 Å². The van der Waals surface area contributed by atoms with E-state index in [0.29, 0.717) is 19.7 Å². The van der Waals surface area contributed by atoms with Crippen LogP contribution in [0.5, 0.6) is 11.5 Å². The number of hydrogen-bond donors (Lipinski definition) is 1. The zero-order valence-corrected chi connectivity index (χ0v) is 20.8. The predicted octanol–water partition coefficient (Wildman–Crippen LogP) is 4.40. The molecule has 1 fully saturated rings. The number of imidazole rings is 1. The fraction of sp³-hybridized carbons (Fsp3) is 0.346. The summed E-state index contributed by atoms with van der Waals surface area (Å²) in [6.45, 7) is 4.56. The maximum absolute atomic E-state index is 13.0. The third-order valence-electron chi connectivity index (χ3n) is 6.21. The highest BCUT2D eigenvalue weighted by atomic mass is 32.1. The van der Waals surface area contributed by atoms with Crippen molar-refractivity contribution in [2.75, 3.05) is 31.7 Å². The molecule has 1 aliphatic heterocycles. The molecule has 1 aliphatic rings. The molecule has 1 atom stereocenters. The summed E-state index contributed by atoms with van der Waals surface area (Å²) in [5, 5.41) is 8.76. The molecular formula is C26H29N5O3S.